The van der Waals surface area contributed by atoms with Gasteiger partial charge in [-0.1, -0.05) is 6.07 Å². The molecule has 234 valence electrons. The molecule has 0 saturated heterocycles. The number of nitrogens with zero attached hydrogens (tertiary/aromatic N) is 2. The molecule has 1 aromatic rings. The van der Waals surface area contributed by atoms with Gasteiger partial charge < -0.3 is 44.8 Å². The molecule has 0 amide bonds. The normalized spacial score (nSPS) is 12.6. The average molecular weight is 582 g/mol. The summed E-state index contributed by atoms with van der Waals surface area (Å²) in [7, 11) is 3.42. The van der Waals surface area contributed by atoms with Gasteiger partial charge in [0.25, 0.3) is 0 Å². The number of hydrogen-bond donors (Lipinski definition) is 3. The van der Waals surface area contributed by atoms with Gasteiger partial charge in [-0.15, -0.1) is 0 Å². The Labute approximate surface area is 245 Å². The minimum absolute atomic E-state index is 0.245. The summed E-state index contributed by atoms with van der Waals surface area (Å²) < 4.78 is 26.5. The number of guanidine groups is 1. The lowest BCUT2D eigenvalue weighted by atomic mass is 10.0. The molecule has 0 radical (unpaired) electrons. The van der Waals surface area contributed by atoms with Crippen LogP contribution in [0.5, 0.6) is 5.75 Å². The highest BCUT2D eigenvalue weighted by atomic mass is 16.5. The van der Waals surface area contributed by atoms with E-state index in [-0.39, 0.29) is 5.97 Å². The Morgan fingerprint density at radius 2 is 1.80 bits per heavy atom. The molecule has 0 aliphatic carbocycles. The second kappa shape index (κ2) is 25.0. The van der Waals surface area contributed by atoms with E-state index in [4.69, 9.17) is 24.7 Å². The number of hydrogen-bond acceptors (Lipinski definition) is 12. The standard InChI is InChI=1S/C26H45N5O5.C3H6O2/c1-31(12-16-34-18-20-35-19-17-33-15-8-27)22-24-21-25(7-6-23(24)5-2-13-32)36-14-4-11-30-26-28-9-3-10-29-26;1-3(4)5-2/h6-7,13,21H,2-5,8-12,14-20,22,27H2,1H3,(H2,28,29,30);1-2H3. The predicted octanol–water partition coefficient (Wildman–Crippen LogP) is 1.15. The lowest BCUT2D eigenvalue weighted by Gasteiger charge is -2.20. The summed E-state index contributed by atoms with van der Waals surface area (Å²) in [5.74, 6) is 1.49. The van der Waals surface area contributed by atoms with Crippen LogP contribution in [0.15, 0.2) is 23.2 Å². The molecule has 41 heavy (non-hydrogen) atoms. The summed E-state index contributed by atoms with van der Waals surface area (Å²) in [5, 5.41) is 6.57. The Kier molecular flexibility index (Phi) is 22.1. The van der Waals surface area contributed by atoms with Crippen molar-refractivity contribution in [3.05, 3.63) is 29.3 Å². The molecule has 12 nitrogen and oxygen atoms in total. The molecule has 0 unspecified atom stereocenters. The highest BCUT2D eigenvalue weighted by Gasteiger charge is 2.09. The molecule has 0 spiro atoms. The number of esters is 1. The first-order chi connectivity index (χ1) is 20.0. The zero-order valence-corrected chi connectivity index (χ0v) is 25.2. The molecule has 1 aliphatic heterocycles. The van der Waals surface area contributed by atoms with Gasteiger partial charge in [-0.05, 0) is 49.6 Å². The number of aliphatic imine (C=N–C) groups is 1. The SMILES string of the molecule is CN(CCOCCOCCOCCN)Cc1cc(OCCCNC2=NCCCN2)ccc1CCC=O.COC(C)=O. The van der Waals surface area contributed by atoms with E-state index in [2.05, 4.69) is 44.4 Å². The van der Waals surface area contributed by atoms with Crippen LogP contribution in [0.25, 0.3) is 0 Å². The van der Waals surface area contributed by atoms with Crippen molar-refractivity contribution in [2.24, 2.45) is 10.7 Å². The van der Waals surface area contributed by atoms with Crippen LogP contribution in [0, 0.1) is 0 Å². The van der Waals surface area contributed by atoms with E-state index in [1.807, 2.05) is 6.07 Å². The van der Waals surface area contributed by atoms with Crippen LogP contribution in [0.2, 0.25) is 0 Å². The topological polar surface area (TPSA) is 146 Å². The third-order valence-electron chi connectivity index (χ3n) is 5.84. The Morgan fingerprint density at radius 3 is 2.44 bits per heavy atom. The summed E-state index contributed by atoms with van der Waals surface area (Å²) in [4.78, 5) is 27.1. The van der Waals surface area contributed by atoms with E-state index in [1.165, 1.54) is 25.2 Å². The number of benzene rings is 1. The van der Waals surface area contributed by atoms with Gasteiger partial charge in [-0.25, -0.2) is 0 Å². The van der Waals surface area contributed by atoms with Crippen molar-refractivity contribution in [1.29, 1.82) is 0 Å². The molecule has 1 aromatic carbocycles. The maximum Gasteiger partial charge on any atom is 0.302 e. The zero-order valence-electron chi connectivity index (χ0n) is 25.2. The summed E-state index contributed by atoms with van der Waals surface area (Å²) in [6.45, 7) is 10.1. The molecule has 1 heterocycles. The third kappa shape index (κ3) is 19.9. The molecule has 1 aliphatic rings. The molecule has 12 heteroatoms. The Hall–Kier alpha value is -2.77. The summed E-state index contributed by atoms with van der Waals surface area (Å²) in [5.41, 5.74) is 7.72. The van der Waals surface area contributed by atoms with Crippen molar-refractivity contribution in [2.75, 3.05) is 93.1 Å². The van der Waals surface area contributed by atoms with Crippen molar-refractivity contribution in [2.45, 2.75) is 39.2 Å². The van der Waals surface area contributed by atoms with Gasteiger partial charge in [-0.3, -0.25) is 14.7 Å². The van der Waals surface area contributed by atoms with Crippen LogP contribution in [0.4, 0.5) is 0 Å². The molecule has 4 N–H and O–H groups in total. The maximum atomic E-state index is 10.9. The number of ether oxygens (including phenoxy) is 5. The summed E-state index contributed by atoms with van der Waals surface area (Å²) in [6.07, 6.45) is 4.18. The van der Waals surface area contributed by atoms with E-state index in [1.54, 1.807) is 0 Å². The first-order valence-electron chi connectivity index (χ1n) is 14.4. The Bertz CT molecular complexity index is 857. The lowest BCUT2D eigenvalue weighted by Crippen LogP contribution is -2.41. The van der Waals surface area contributed by atoms with Gasteiger partial charge >= 0.3 is 5.97 Å². The summed E-state index contributed by atoms with van der Waals surface area (Å²) >= 11 is 0. The fraction of sp³-hybridized carbons (Fsp3) is 0.690. The molecular weight excluding hydrogens is 530 g/mol. The minimum atomic E-state index is -0.245. The van der Waals surface area contributed by atoms with Gasteiger partial charge in [0, 0.05) is 52.6 Å². The number of likely N-dealkylation sites (N-methyl/N-ethyl adjacent to an activating group) is 1. The maximum absolute atomic E-state index is 10.9. The van der Waals surface area contributed by atoms with Crippen molar-refractivity contribution in [3.8, 4) is 5.75 Å². The van der Waals surface area contributed by atoms with Crippen molar-refractivity contribution in [3.63, 3.8) is 0 Å². The number of carbonyl (C=O) groups excluding carboxylic acids is 2. The summed E-state index contributed by atoms with van der Waals surface area (Å²) in [6, 6.07) is 6.17. The average Bonchev–Trinajstić information content (AvgIpc) is 2.98. The van der Waals surface area contributed by atoms with E-state index in [9.17, 15) is 9.59 Å². The molecule has 0 atom stereocenters. The quantitative estimate of drug-likeness (QED) is 0.109. The van der Waals surface area contributed by atoms with E-state index in [0.717, 1.165) is 70.0 Å². The number of rotatable bonds is 21. The molecule has 0 fully saturated rings. The van der Waals surface area contributed by atoms with Crippen LogP contribution in [0.1, 0.15) is 37.3 Å². The minimum Gasteiger partial charge on any atom is -0.494 e. The van der Waals surface area contributed by atoms with Gasteiger partial charge in [0.2, 0.25) is 0 Å². The van der Waals surface area contributed by atoms with E-state index < -0.39 is 0 Å². The number of nitrogens with one attached hydrogen (secondary N) is 2. The fourth-order valence-electron chi connectivity index (χ4n) is 3.63. The first kappa shape index (κ1) is 36.3. The van der Waals surface area contributed by atoms with Gasteiger partial charge in [0.1, 0.15) is 12.0 Å². The first-order valence-corrected chi connectivity index (χ1v) is 14.4. The van der Waals surface area contributed by atoms with Gasteiger partial charge in [-0.2, -0.15) is 0 Å². The van der Waals surface area contributed by atoms with Gasteiger partial charge in [0.15, 0.2) is 5.96 Å². The van der Waals surface area contributed by atoms with Crippen LogP contribution in [0.3, 0.4) is 0 Å². The Balaban J connectivity index is 0.00000154. The van der Waals surface area contributed by atoms with Crippen LogP contribution < -0.4 is 21.1 Å². The lowest BCUT2D eigenvalue weighted by molar-refractivity contribution is -0.137. The molecule has 0 bridgehead atoms. The second-order valence-electron chi connectivity index (χ2n) is 9.33. The third-order valence-corrected chi connectivity index (χ3v) is 5.84. The van der Waals surface area contributed by atoms with Crippen molar-refractivity contribution >= 4 is 18.2 Å². The van der Waals surface area contributed by atoms with Crippen LogP contribution in [-0.2, 0) is 41.5 Å². The largest absolute Gasteiger partial charge is 0.494 e. The van der Waals surface area contributed by atoms with Gasteiger partial charge in [0.05, 0.1) is 53.4 Å². The van der Waals surface area contributed by atoms with Crippen molar-refractivity contribution < 1.29 is 33.3 Å². The number of nitrogens with two attached hydrogens (primary N) is 1. The number of methoxy groups -OCH3 is 1. The van der Waals surface area contributed by atoms with Crippen LogP contribution in [-0.4, -0.2) is 116 Å². The smallest absolute Gasteiger partial charge is 0.302 e. The monoisotopic (exact) mass is 581 g/mol. The second-order valence-corrected chi connectivity index (χ2v) is 9.33. The zero-order chi connectivity index (χ0) is 30.0. The molecule has 0 aromatic heterocycles. The van der Waals surface area contributed by atoms with E-state index >= 15 is 0 Å². The molecule has 0 saturated carbocycles. The molecule has 2 rings (SSSR count). The van der Waals surface area contributed by atoms with Crippen LogP contribution >= 0.6 is 0 Å². The highest BCUT2D eigenvalue weighted by molar-refractivity contribution is 5.80. The highest BCUT2D eigenvalue weighted by Crippen LogP contribution is 2.21. The molecular formula is C29H51N5O7. The number of carbonyl (C=O) groups is 2. The predicted molar refractivity (Wildman–Crippen MR) is 159 cm³/mol. The number of aryl methyl sites for hydroxylation is 1. The fourth-order valence-corrected chi connectivity index (χ4v) is 3.63. The number of aldehydes is 1. The Morgan fingerprint density at radius 1 is 1.10 bits per heavy atom. The van der Waals surface area contributed by atoms with E-state index in [0.29, 0.717) is 59.2 Å². The van der Waals surface area contributed by atoms with Crippen molar-refractivity contribution in [1.82, 2.24) is 15.5 Å².